The molecular formula is C28H35ClN2O7. The number of amides is 1. The van der Waals surface area contributed by atoms with E-state index in [9.17, 15) is 34.8 Å². The van der Waals surface area contributed by atoms with Crippen LogP contribution >= 0.6 is 11.6 Å². The Morgan fingerprint density at radius 2 is 1.84 bits per heavy atom. The zero-order valence-electron chi connectivity index (χ0n) is 22.0. The molecule has 0 radical (unpaired) electrons. The third-order valence-electron chi connectivity index (χ3n) is 8.17. The zero-order chi connectivity index (χ0) is 28.3. The summed E-state index contributed by atoms with van der Waals surface area (Å²) in [6.45, 7) is 9.78. The fourth-order valence-corrected chi connectivity index (χ4v) is 6.29. The molecule has 0 spiro atoms. The predicted octanol–water partition coefficient (Wildman–Crippen LogP) is 3.49. The number of fused-ring (bicyclic) bond motifs is 3. The summed E-state index contributed by atoms with van der Waals surface area (Å²) in [5.41, 5.74) is 2.71. The van der Waals surface area contributed by atoms with E-state index in [2.05, 4.69) is 32.6 Å². The first kappa shape index (κ1) is 28.1. The van der Waals surface area contributed by atoms with Crippen molar-refractivity contribution in [3.05, 3.63) is 50.4 Å². The highest BCUT2D eigenvalue weighted by Crippen LogP contribution is 2.52. The summed E-state index contributed by atoms with van der Waals surface area (Å²) in [6.07, 6.45) is 0.967. The molecular weight excluding hydrogens is 512 g/mol. The summed E-state index contributed by atoms with van der Waals surface area (Å²) in [5, 5.41) is 44.0. The quantitative estimate of drug-likeness (QED) is 0.325. The van der Waals surface area contributed by atoms with E-state index in [1.54, 1.807) is 0 Å². The molecule has 1 aromatic rings. The van der Waals surface area contributed by atoms with E-state index in [0.29, 0.717) is 28.6 Å². The molecule has 3 aliphatic carbocycles. The van der Waals surface area contributed by atoms with Crippen LogP contribution in [0.5, 0.6) is 5.75 Å². The Morgan fingerprint density at radius 1 is 1.18 bits per heavy atom. The average molecular weight is 547 g/mol. The maximum Gasteiger partial charge on any atom is 0.255 e. The van der Waals surface area contributed by atoms with Crippen LogP contribution in [0, 0.1) is 17.8 Å². The normalized spacial score (nSPS) is 25.3. The second-order valence-electron chi connectivity index (χ2n) is 11.4. The molecule has 0 saturated carbocycles. The summed E-state index contributed by atoms with van der Waals surface area (Å²) in [7, 11) is 0. The van der Waals surface area contributed by atoms with Crippen LogP contribution in [-0.2, 0) is 22.6 Å². The van der Waals surface area contributed by atoms with Crippen molar-refractivity contribution in [1.82, 2.24) is 4.90 Å². The number of nitrogens with zero attached hydrogens (tertiary/aromatic N) is 1. The zero-order valence-corrected chi connectivity index (χ0v) is 22.8. The Kier molecular flexibility index (Phi) is 7.42. The van der Waals surface area contributed by atoms with Gasteiger partial charge in [0.05, 0.1) is 5.56 Å². The van der Waals surface area contributed by atoms with E-state index in [1.807, 2.05) is 0 Å². The summed E-state index contributed by atoms with van der Waals surface area (Å²) in [6, 6.07) is 1.68. The Bertz CT molecular complexity index is 1280. The number of phenols is 1. The summed E-state index contributed by atoms with van der Waals surface area (Å²) >= 11 is 6.84. The highest BCUT2D eigenvalue weighted by Gasteiger charge is 2.59. The number of rotatable bonds is 7. The third-order valence-corrected chi connectivity index (χ3v) is 8.64. The SMILES string of the molecule is CC(C)CCN(Cc1cc(O)c2c(c1Cl)CC1CC3CC(O)=C(C(N)=O)C(=O)C3(O)C(O)=C1C2=O)C(C)C. The van der Waals surface area contributed by atoms with Crippen LogP contribution in [0.4, 0.5) is 0 Å². The number of carbonyl (C=O) groups is 3. The largest absolute Gasteiger partial charge is 0.511 e. The van der Waals surface area contributed by atoms with E-state index in [1.165, 1.54) is 6.07 Å². The topological polar surface area (TPSA) is 161 Å². The van der Waals surface area contributed by atoms with E-state index in [0.717, 1.165) is 13.0 Å². The number of hydrogen-bond acceptors (Lipinski definition) is 8. The van der Waals surface area contributed by atoms with Gasteiger partial charge < -0.3 is 26.2 Å². The van der Waals surface area contributed by atoms with Gasteiger partial charge in [-0.3, -0.25) is 19.3 Å². The fourth-order valence-electron chi connectivity index (χ4n) is 6.00. The molecule has 0 aliphatic heterocycles. The van der Waals surface area contributed by atoms with Gasteiger partial charge >= 0.3 is 0 Å². The fraction of sp³-hybridized carbons (Fsp3) is 0.536. The molecule has 6 N–H and O–H groups in total. The number of nitrogens with two attached hydrogens (primary N) is 1. The number of phenolic OH excluding ortho intramolecular Hbond substituents is 1. The standard InChI is InChI=1S/C28H35ClN2O7/c1-12(2)5-6-31(13(3)4)11-15-9-18(32)21-17(23(15)29)8-14-7-16-10-19(33)22(27(30)37)26(36)28(16,38)25(35)20(14)24(21)34/h9,12-14,16,32-33,35,38H,5-8,10-11H2,1-4H3,(H2,30,37). The molecule has 1 aromatic carbocycles. The van der Waals surface area contributed by atoms with E-state index < -0.39 is 52.0 Å². The summed E-state index contributed by atoms with van der Waals surface area (Å²) in [4.78, 5) is 40.7. The predicted molar refractivity (Wildman–Crippen MR) is 141 cm³/mol. The highest BCUT2D eigenvalue weighted by molar-refractivity contribution is 6.33. The van der Waals surface area contributed by atoms with Gasteiger partial charge in [-0.15, -0.1) is 0 Å². The Balaban J connectivity index is 1.76. The molecule has 0 heterocycles. The van der Waals surface area contributed by atoms with Crippen molar-refractivity contribution in [1.29, 1.82) is 0 Å². The molecule has 3 atom stereocenters. The van der Waals surface area contributed by atoms with Crippen LogP contribution in [0.15, 0.2) is 28.7 Å². The lowest BCUT2D eigenvalue weighted by Gasteiger charge is -2.45. The molecule has 0 aromatic heterocycles. The molecule has 4 rings (SSSR count). The van der Waals surface area contributed by atoms with Crippen molar-refractivity contribution in [2.45, 2.75) is 71.6 Å². The summed E-state index contributed by atoms with van der Waals surface area (Å²) in [5.74, 6) is -6.02. The van der Waals surface area contributed by atoms with Gasteiger partial charge in [-0.05, 0) is 68.7 Å². The van der Waals surface area contributed by atoms with Crippen LogP contribution in [0.1, 0.15) is 68.4 Å². The lowest BCUT2D eigenvalue weighted by molar-refractivity contribution is -0.144. The third kappa shape index (κ3) is 4.40. The Hall–Kier alpha value is -2.88. The van der Waals surface area contributed by atoms with Gasteiger partial charge in [0.15, 0.2) is 11.4 Å². The first-order chi connectivity index (χ1) is 17.7. The number of hydrogen-bond donors (Lipinski definition) is 5. The second-order valence-corrected chi connectivity index (χ2v) is 11.8. The van der Waals surface area contributed by atoms with Crippen LogP contribution in [0.2, 0.25) is 5.02 Å². The summed E-state index contributed by atoms with van der Waals surface area (Å²) < 4.78 is 0. The van der Waals surface area contributed by atoms with Gasteiger partial charge in [0.2, 0.25) is 5.78 Å². The molecule has 3 aliphatic rings. The molecule has 3 unspecified atom stereocenters. The number of aliphatic hydroxyl groups excluding tert-OH is 2. The number of carbonyl (C=O) groups excluding carboxylic acids is 3. The monoisotopic (exact) mass is 546 g/mol. The first-order valence-electron chi connectivity index (χ1n) is 12.9. The Morgan fingerprint density at radius 3 is 2.42 bits per heavy atom. The van der Waals surface area contributed by atoms with Gasteiger partial charge in [-0.25, -0.2) is 0 Å². The maximum atomic E-state index is 13.6. The molecule has 206 valence electrons. The maximum absolute atomic E-state index is 13.6. The number of halogens is 1. The number of primary amides is 1. The van der Waals surface area contributed by atoms with Crippen molar-refractivity contribution in [2.24, 2.45) is 23.5 Å². The number of aromatic hydroxyl groups is 1. The smallest absolute Gasteiger partial charge is 0.255 e. The molecule has 9 nitrogen and oxygen atoms in total. The van der Waals surface area contributed by atoms with Crippen molar-refractivity contribution in [3.8, 4) is 5.75 Å². The van der Waals surface area contributed by atoms with Gasteiger partial charge in [-0.2, -0.15) is 0 Å². The molecule has 0 bridgehead atoms. The van der Waals surface area contributed by atoms with E-state index in [-0.39, 0.29) is 42.2 Å². The van der Waals surface area contributed by atoms with Crippen LogP contribution in [0.3, 0.4) is 0 Å². The molecule has 38 heavy (non-hydrogen) atoms. The van der Waals surface area contributed by atoms with Crippen molar-refractivity contribution < 1.29 is 34.8 Å². The van der Waals surface area contributed by atoms with Gasteiger partial charge in [0.1, 0.15) is 22.8 Å². The number of Topliss-reactive ketones (excluding diaryl/α,β-unsaturated/α-hetero) is 2. The van der Waals surface area contributed by atoms with E-state index >= 15 is 0 Å². The second kappa shape index (κ2) is 10.0. The first-order valence-corrected chi connectivity index (χ1v) is 13.3. The number of aliphatic hydroxyl groups is 3. The van der Waals surface area contributed by atoms with Crippen LogP contribution < -0.4 is 5.73 Å². The number of allylic oxidation sites excluding steroid dienone is 2. The van der Waals surface area contributed by atoms with Gasteiger partial charge in [0, 0.05) is 35.5 Å². The number of benzene rings is 1. The Labute approximate surface area is 226 Å². The van der Waals surface area contributed by atoms with Crippen molar-refractivity contribution in [3.63, 3.8) is 0 Å². The van der Waals surface area contributed by atoms with Gasteiger partial charge in [-0.1, -0.05) is 25.4 Å². The minimum absolute atomic E-state index is 0.0662. The molecule has 0 fully saturated rings. The lowest BCUT2D eigenvalue weighted by atomic mass is 9.60. The molecule has 1 amide bonds. The lowest BCUT2D eigenvalue weighted by Crippen LogP contribution is -2.57. The highest BCUT2D eigenvalue weighted by atomic mass is 35.5. The molecule has 0 saturated heterocycles. The number of ketones is 2. The van der Waals surface area contributed by atoms with Crippen LogP contribution in [-0.4, -0.2) is 61.0 Å². The molecule has 10 heteroatoms. The van der Waals surface area contributed by atoms with Crippen molar-refractivity contribution >= 4 is 29.1 Å². The average Bonchev–Trinajstić information content (AvgIpc) is 2.81. The van der Waals surface area contributed by atoms with Crippen LogP contribution in [0.25, 0.3) is 0 Å². The minimum Gasteiger partial charge on any atom is -0.511 e. The van der Waals surface area contributed by atoms with Crippen molar-refractivity contribution in [2.75, 3.05) is 6.54 Å². The minimum atomic E-state index is -2.58. The van der Waals surface area contributed by atoms with Gasteiger partial charge in [0.25, 0.3) is 5.91 Å². The van der Waals surface area contributed by atoms with E-state index in [4.69, 9.17) is 17.3 Å².